The Hall–Kier alpha value is -4.81. The fourth-order valence-electron chi connectivity index (χ4n) is 3.01. The first-order valence-corrected chi connectivity index (χ1v) is 11.6. The molecule has 0 N–H and O–H groups in total. The largest absolute Gasteiger partial charge is 0.513 e. The van der Waals surface area contributed by atoms with Crippen LogP contribution < -0.4 is 4.74 Å². The van der Waals surface area contributed by atoms with E-state index in [4.69, 9.17) is 14.2 Å². The van der Waals surface area contributed by atoms with Gasteiger partial charge in [-0.1, -0.05) is 12.1 Å². The van der Waals surface area contributed by atoms with Crippen molar-refractivity contribution >= 4 is 35.5 Å². The summed E-state index contributed by atoms with van der Waals surface area (Å²) in [6.45, 7) is 2.10. The van der Waals surface area contributed by atoms with Crippen LogP contribution in [-0.4, -0.2) is 47.8 Å². The van der Waals surface area contributed by atoms with Crippen LogP contribution in [0.15, 0.2) is 48.5 Å². The molecule has 0 aliphatic heterocycles. The van der Waals surface area contributed by atoms with Gasteiger partial charge in [-0.2, -0.15) is 0 Å². The lowest BCUT2D eigenvalue weighted by Crippen LogP contribution is -2.09. The number of esters is 2. The normalized spacial score (nSPS) is 10.6. The van der Waals surface area contributed by atoms with E-state index in [-0.39, 0.29) is 25.4 Å². The molecule has 2 aromatic carbocycles. The molecule has 2 rings (SSSR count). The van der Waals surface area contributed by atoms with Gasteiger partial charge in [-0.05, 0) is 56.4 Å². The first kappa shape index (κ1) is 29.4. The summed E-state index contributed by atoms with van der Waals surface area (Å²) >= 11 is 0. The van der Waals surface area contributed by atoms with E-state index in [0.717, 1.165) is 18.2 Å². The smallest absolute Gasteiger partial charge is 0.463 e. The molecule has 0 heterocycles. The predicted molar refractivity (Wildman–Crippen MR) is 133 cm³/mol. The minimum atomic E-state index is -0.890. The first-order valence-electron chi connectivity index (χ1n) is 11.6. The molecule has 202 valence electrons. The lowest BCUT2D eigenvalue weighted by molar-refractivity contribution is -0.394. The Labute approximate surface area is 217 Å². The molecule has 0 radical (unpaired) electrons. The van der Waals surface area contributed by atoms with Crippen molar-refractivity contribution in [2.45, 2.75) is 32.6 Å². The van der Waals surface area contributed by atoms with E-state index in [1.54, 1.807) is 37.3 Å². The van der Waals surface area contributed by atoms with Crippen LogP contribution in [0.5, 0.6) is 5.75 Å². The molecule has 0 saturated carbocycles. The number of ether oxygens (including phenoxy) is 4. The van der Waals surface area contributed by atoms with E-state index in [1.165, 1.54) is 6.08 Å². The zero-order valence-corrected chi connectivity index (χ0v) is 20.5. The molecular weight excluding hydrogens is 504 g/mol. The minimum Gasteiger partial charge on any atom is -0.463 e. The number of hydrogen-bond acceptors (Lipinski definition) is 11. The van der Waals surface area contributed by atoms with E-state index in [2.05, 4.69) is 4.74 Å². The Morgan fingerprint density at radius 2 is 1.39 bits per heavy atom. The summed E-state index contributed by atoms with van der Waals surface area (Å²) in [7, 11) is 0. The third kappa shape index (κ3) is 10.4. The molecule has 0 bridgehead atoms. The van der Waals surface area contributed by atoms with Gasteiger partial charge in [0.15, 0.2) is 0 Å². The van der Waals surface area contributed by atoms with Crippen LogP contribution in [0, 0.1) is 20.2 Å². The second-order valence-corrected chi connectivity index (χ2v) is 7.66. The van der Waals surface area contributed by atoms with E-state index >= 15 is 0 Å². The van der Waals surface area contributed by atoms with Crippen molar-refractivity contribution in [1.29, 1.82) is 0 Å². The molecule has 0 aliphatic rings. The van der Waals surface area contributed by atoms with Gasteiger partial charge in [0.05, 0.1) is 41.3 Å². The average Bonchev–Trinajstić information content (AvgIpc) is 2.89. The molecule has 13 heteroatoms. The summed E-state index contributed by atoms with van der Waals surface area (Å²) in [6, 6.07) is 9.06. The zero-order valence-electron chi connectivity index (χ0n) is 20.5. The molecule has 13 nitrogen and oxygen atoms in total. The number of unbranched alkanes of at least 4 members (excludes halogenated alkanes) is 3. The summed E-state index contributed by atoms with van der Waals surface area (Å²) < 4.78 is 19.8. The molecule has 0 unspecified atom stereocenters. The first-order chi connectivity index (χ1) is 18.2. The van der Waals surface area contributed by atoms with Crippen molar-refractivity contribution in [1.82, 2.24) is 0 Å². The Balaban J connectivity index is 1.62. The number of rotatable bonds is 14. The molecule has 2 aromatic rings. The number of nitro groups is 2. The summed E-state index contributed by atoms with van der Waals surface area (Å²) in [5, 5.41) is 21.8. The minimum absolute atomic E-state index is 0.0292. The molecule has 0 amide bonds. The van der Waals surface area contributed by atoms with Gasteiger partial charge < -0.3 is 18.9 Å². The summed E-state index contributed by atoms with van der Waals surface area (Å²) in [6.07, 6.45) is 4.47. The topological polar surface area (TPSA) is 174 Å². The molecule has 0 spiro atoms. The van der Waals surface area contributed by atoms with Gasteiger partial charge in [0.2, 0.25) is 0 Å². The molecule has 38 heavy (non-hydrogen) atoms. The van der Waals surface area contributed by atoms with Crippen LogP contribution in [0.25, 0.3) is 6.08 Å². The van der Waals surface area contributed by atoms with Gasteiger partial charge in [0.25, 0.3) is 11.4 Å². The van der Waals surface area contributed by atoms with Crippen molar-refractivity contribution in [3.63, 3.8) is 0 Å². The van der Waals surface area contributed by atoms with Gasteiger partial charge in [0, 0.05) is 18.2 Å². The van der Waals surface area contributed by atoms with Gasteiger partial charge in [0.1, 0.15) is 5.75 Å². The van der Waals surface area contributed by atoms with E-state index in [9.17, 15) is 34.6 Å². The molecule has 0 fully saturated rings. The van der Waals surface area contributed by atoms with Crippen molar-refractivity contribution < 1.29 is 43.2 Å². The number of carbonyl (C=O) groups is 3. The van der Waals surface area contributed by atoms with Crippen molar-refractivity contribution in [2.75, 3.05) is 19.8 Å². The quantitative estimate of drug-likeness (QED) is 0.0610. The Kier molecular flexibility index (Phi) is 11.9. The maximum absolute atomic E-state index is 12.1. The van der Waals surface area contributed by atoms with E-state index in [0.29, 0.717) is 37.0 Å². The van der Waals surface area contributed by atoms with Crippen LogP contribution in [0.2, 0.25) is 0 Å². The number of nitrogens with zero attached hydrogens (tertiary/aromatic N) is 2. The monoisotopic (exact) mass is 530 g/mol. The van der Waals surface area contributed by atoms with Gasteiger partial charge >= 0.3 is 18.1 Å². The highest BCUT2D eigenvalue weighted by Gasteiger charge is 2.20. The molecular formula is C25H26N2O11. The van der Waals surface area contributed by atoms with Gasteiger partial charge in [-0.15, -0.1) is 0 Å². The summed E-state index contributed by atoms with van der Waals surface area (Å²) in [5.41, 5.74) is -0.720. The Morgan fingerprint density at radius 3 is 1.95 bits per heavy atom. The second kappa shape index (κ2) is 15.3. The standard InChI is InChI=1S/C25H26N2O11/c1-2-35-25(30)38-22-10-7-18(8-11-22)9-12-23(28)36-13-5-3-4-6-14-37-24(29)19-15-20(26(31)32)17-21(16-19)27(33)34/h7-12,15-17H,2-6,13-14H2,1H3/b12-9+. The van der Waals surface area contributed by atoms with Crippen molar-refractivity contribution in [3.8, 4) is 5.75 Å². The fraction of sp³-hybridized carbons (Fsp3) is 0.320. The number of carbonyl (C=O) groups excluding carboxylic acids is 3. The summed E-state index contributed by atoms with van der Waals surface area (Å²) in [5.74, 6) is -1.10. The van der Waals surface area contributed by atoms with Crippen LogP contribution in [-0.2, 0) is 19.0 Å². The van der Waals surface area contributed by atoms with E-state index in [1.807, 2.05) is 0 Å². The number of nitro benzene ring substituents is 2. The fourth-order valence-corrected chi connectivity index (χ4v) is 3.01. The number of non-ortho nitro benzene ring substituents is 2. The van der Waals surface area contributed by atoms with Crippen LogP contribution in [0.3, 0.4) is 0 Å². The lowest BCUT2D eigenvalue weighted by atomic mass is 10.1. The molecule has 0 aliphatic carbocycles. The highest BCUT2D eigenvalue weighted by Crippen LogP contribution is 2.23. The van der Waals surface area contributed by atoms with Crippen LogP contribution in [0.4, 0.5) is 16.2 Å². The molecule has 0 saturated heterocycles. The Morgan fingerprint density at radius 1 is 0.816 bits per heavy atom. The molecule has 0 aromatic heterocycles. The Bertz CT molecular complexity index is 1140. The highest BCUT2D eigenvalue weighted by atomic mass is 16.7. The van der Waals surface area contributed by atoms with E-state index < -0.39 is 39.3 Å². The molecule has 0 atom stereocenters. The highest BCUT2D eigenvalue weighted by molar-refractivity contribution is 5.91. The summed E-state index contributed by atoms with van der Waals surface area (Å²) in [4.78, 5) is 55.4. The predicted octanol–water partition coefficient (Wildman–Crippen LogP) is 5.01. The number of benzene rings is 2. The van der Waals surface area contributed by atoms with Crippen molar-refractivity contribution in [3.05, 3.63) is 79.9 Å². The van der Waals surface area contributed by atoms with Gasteiger partial charge in [-0.25, -0.2) is 14.4 Å². The van der Waals surface area contributed by atoms with Crippen LogP contribution in [0.1, 0.15) is 48.5 Å². The number of hydrogen-bond donors (Lipinski definition) is 0. The third-order valence-electron chi connectivity index (χ3n) is 4.83. The maximum atomic E-state index is 12.1. The SMILES string of the molecule is CCOC(=O)Oc1ccc(/C=C/C(=O)OCCCCCCOC(=O)c2cc([N+](=O)[O-])cc([N+](=O)[O-])c2)cc1. The van der Waals surface area contributed by atoms with Crippen molar-refractivity contribution in [2.24, 2.45) is 0 Å². The van der Waals surface area contributed by atoms with Crippen LogP contribution >= 0.6 is 0 Å². The third-order valence-corrected chi connectivity index (χ3v) is 4.83. The van der Waals surface area contributed by atoms with Gasteiger partial charge in [-0.3, -0.25) is 20.2 Å². The average molecular weight is 530 g/mol. The maximum Gasteiger partial charge on any atom is 0.513 e. The zero-order chi connectivity index (χ0) is 27.9. The second-order valence-electron chi connectivity index (χ2n) is 7.66. The lowest BCUT2D eigenvalue weighted by Gasteiger charge is -2.06.